The standard InChI is InChI=1S/C32H43N3O3/c1-22(2)17-28(35-16-14-25(18-30(35)36)13-15-34(5)6)21-33-29(20-31(37)38)26-11-8-12-27(19-26)32-23(3)9-7-10-24(32)4/h7-12,14,16,18-19,22,28-29,33H,13,15,17,20-21H2,1-6H3,(H,37,38)/t28?,29-/m0/s1. The molecular formula is C32H43N3O3. The summed E-state index contributed by atoms with van der Waals surface area (Å²) in [6.07, 6.45) is 3.50. The van der Waals surface area contributed by atoms with Crippen molar-refractivity contribution in [1.82, 2.24) is 14.8 Å². The summed E-state index contributed by atoms with van der Waals surface area (Å²) in [5, 5.41) is 13.2. The smallest absolute Gasteiger partial charge is 0.305 e. The molecule has 1 heterocycles. The topological polar surface area (TPSA) is 74.6 Å². The number of aromatic nitrogens is 1. The molecule has 3 aromatic rings. The van der Waals surface area contributed by atoms with Crippen LogP contribution in [0.15, 0.2) is 65.6 Å². The first-order valence-electron chi connectivity index (χ1n) is 13.5. The van der Waals surface area contributed by atoms with E-state index in [2.05, 4.69) is 68.2 Å². The summed E-state index contributed by atoms with van der Waals surface area (Å²) in [5.74, 6) is -0.477. The Morgan fingerprint density at radius 2 is 1.71 bits per heavy atom. The first-order valence-corrected chi connectivity index (χ1v) is 13.5. The number of hydrogen-bond donors (Lipinski definition) is 2. The molecule has 0 aliphatic carbocycles. The maximum absolute atomic E-state index is 13.1. The summed E-state index contributed by atoms with van der Waals surface area (Å²) in [6.45, 7) is 9.88. The molecule has 2 N–H and O–H groups in total. The maximum atomic E-state index is 13.1. The second-order valence-corrected chi connectivity index (χ2v) is 11.1. The number of likely N-dealkylation sites (N-methyl/N-ethyl adjacent to an activating group) is 1. The van der Waals surface area contributed by atoms with Crippen LogP contribution in [-0.4, -0.2) is 47.7 Å². The van der Waals surface area contributed by atoms with E-state index >= 15 is 0 Å². The van der Waals surface area contributed by atoms with Crippen molar-refractivity contribution in [3.63, 3.8) is 0 Å². The van der Waals surface area contributed by atoms with Gasteiger partial charge in [0.05, 0.1) is 6.42 Å². The number of hydrogen-bond acceptors (Lipinski definition) is 4. The second-order valence-electron chi connectivity index (χ2n) is 11.1. The molecule has 1 unspecified atom stereocenters. The van der Waals surface area contributed by atoms with E-state index in [9.17, 15) is 14.7 Å². The van der Waals surface area contributed by atoms with Gasteiger partial charge in [-0.05, 0) is 92.2 Å². The van der Waals surface area contributed by atoms with Gasteiger partial charge in [0.25, 0.3) is 5.56 Å². The van der Waals surface area contributed by atoms with E-state index in [0.29, 0.717) is 12.5 Å². The molecule has 0 aliphatic rings. The molecule has 0 saturated heterocycles. The Morgan fingerprint density at radius 1 is 1.03 bits per heavy atom. The number of carbonyl (C=O) groups is 1. The first kappa shape index (κ1) is 29.3. The number of benzene rings is 2. The third-order valence-electron chi connectivity index (χ3n) is 7.03. The molecule has 0 spiro atoms. The normalized spacial score (nSPS) is 13.2. The zero-order chi connectivity index (χ0) is 27.8. The molecule has 6 nitrogen and oxygen atoms in total. The van der Waals surface area contributed by atoms with Crippen LogP contribution in [0.25, 0.3) is 11.1 Å². The van der Waals surface area contributed by atoms with Crippen molar-refractivity contribution in [3.8, 4) is 11.1 Å². The van der Waals surface area contributed by atoms with E-state index in [1.807, 2.05) is 38.5 Å². The molecule has 6 heteroatoms. The van der Waals surface area contributed by atoms with E-state index in [0.717, 1.165) is 36.1 Å². The van der Waals surface area contributed by atoms with Crippen LogP contribution in [-0.2, 0) is 11.2 Å². The minimum atomic E-state index is -0.859. The monoisotopic (exact) mass is 517 g/mol. The Morgan fingerprint density at radius 3 is 2.32 bits per heavy atom. The van der Waals surface area contributed by atoms with Crippen LogP contribution in [0.5, 0.6) is 0 Å². The molecule has 2 aromatic carbocycles. The predicted octanol–water partition coefficient (Wildman–Crippen LogP) is 5.63. The van der Waals surface area contributed by atoms with E-state index in [4.69, 9.17) is 0 Å². The number of aryl methyl sites for hydroxylation is 2. The number of carboxylic acids is 1. The van der Waals surface area contributed by atoms with Gasteiger partial charge < -0.3 is 19.9 Å². The molecule has 3 rings (SSSR count). The maximum Gasteiger partial charge on any atom is 0.305 e. The summed E-state index contributed by atoms with van der Waals surface area (Å²) in [5.41, 5.74) is 6.59. The molecule has 0 radical (unpaired) electrons. The van der Waals surface area contributed by atoms with Crippen LogP contribution in [0.3, 0.4) is 0 Å². The van der Waals surface area contributed by atoms with Crippen LogP contribution >= 0.6 is 0 Å². The average molecular weight is 518 g/mol. The molecule has 0 saturated carbocycles. The highest BCUT2D eigenvalue weighted by molar-refractivity contribution is 5.72. The Kier molecular flexibility index (Phi) is 10.5. The van der Waals surface area contributed by atoms with Crippen LogP contribution < -0.4 is 10.9 Å². The van der Waals surface area contributed by atoms with Gasteiger partial charge in [0.15, 0.2) is 0 Å². The fourth-order valence-corrected chi connectivity index (χ4v) is 5.12. The Bertz CT molecular complexity index is 1260. The lowest BCUT2D eigenvalue weighted by molar-refractivity contribution is -0.137. The van der Waals surface area contributed by atoms with Gasteiger partial charge in [-0.15, -0.1) is 0 Å². The summed E-state index contributed by atoms with van der Waals surface area (Å²) >= 11 is 0. The lowest BCUT2D eigenvalue weighted by Gasteiger charge is -2.26. The number of carboxylic acid groups (broad SMARTS) is 1. The van der Waals surface area contributed by atoms with E-state index in [1.54, 1.807) is 10.6 Å². The molecular weight excluding hydrogens is 474 g/mol. The van der Waals surface area contributed by atoms with Crippen LogP contribution in [0.2, 0.25) is 0 Å². The van der Waals surface area contributed by atoms with Gasteiger partial charge in [-0.3, -0.25) is 9.59 Å². The van der Waals surface area contributed by atoms with Crippen LogP contribution in [0, 0.1) is 19.8 Å². The van der Waals surface area contributed by atoms with Crippen molar-refractivity contribution in [1.29, 1.82) is 0 Å². The number of nitrogens with zero attached hydrogens (tertiary/aromatic N) is 2. The third-order valence-corrected chi connectivity index (χ3v) is 7.03. The summed E-state index contributed by atoms with van der Waals surface area (Å²) in [4.78, 5) is 27.0. The van der Waals surface area contributed by atoms with Crippen molar-refractivity contribution in [2.24, 2.45) is 5.92 Å². The van der Waals surface area contributed by atoms with Gasteiger partial charge in [-0.25, -0.2) is 0 Å². The molecule has 38 heavy (non-hydrogen) atoms. The minimum Gasteiger partial charge on any atom is -0.481 e. The molecule has 204 valence electrons. The van der Waals surface area contributed by atoms with Crippen molar-refractivity contribution in [3.05, 3.63) is 93.4 Å². The first-order chi connectivity index (χ1) is 18.0. The van der Waals surface area contributed by atoms with Gasteiger partial charge in [-0.1, -0.05) is 50.2 Å². The highest BCUT2D eigenvalue weighted by Gasteiger charge is 2.21. The highest BCUT2D eigenvalue weighted by Crippen LogP contribution is 2.30. The second kappa shape index (κ2) is 13.5. The van der Waals surface area contributed by atoms with Gasteiger partial charge >= 0.3 is 5.97 Å². The zero-order valence-electron chi connectivity index (χ0n) is 23.7. The largest absolute Gasteiger partial charge is 0.481 e. The Labute approximate surface area is 227 Å². The molecule has 0 amide bonds. The van der Waals surface area contributed by atoms with Crippen molar-refractivity contribution in [2.75, 3.05) is 27.2 Å². The lowest BCUT2D eigenvalue weighted by atomic mass is 9.92. The van der Waals surface area contributed by atoms with Gasteiger partial charge in [0.2, 0.25) is 0 Å². The lowest BCUT2D eigenvalue weighted by Crippen LogP contribution is -2.35. The van der Waals surface area contributed by atoms with E-state index in [-0.39, 0.29) is 24.1 Å². The third kappa shape index (κ3) is 8.14. The van der Waals surface area contributed by atoms with E-state index < -0.39 is 5.97 Å². The van der Waals surface area contributed by atoms with Gasteiger partial charge in [-0.2, -0.15) is 0 Å². The van der Waals surface area contributed by atoms with E-state index in [1.165, 1.54) is 16.7 Å². The molecule has 1 aromatic heterocycles. The predicted molar refractivity (Wildman–Crippen MR) is 156 cm³/mol. The van der Waals surface area contributed by atoms with Gasteiger partial charge in [0, 0.05) is 37.4 Å². The van der Waals surface area contributed by atoms with Crippen molar-refractivity contribution in [2.45, 2.75) is 59.0 Å². The number of aliphatic carboxylic acids is 1. The molecule has 2 atom stereocenters. The van der Waals surface area contributed by atoms with Crippen molar-refractivity contribution < 1.29 is 9.90 Å². The molecule has 0 aliphatic heterocycles. The Balaban J connectivity index is 1.87. The van der Waals surface area contributed by atoms with Crippen molar-refractivity contribution >= 4 is 5.97 Å². The zero-order valence-corrected chi connectivity index (χ0v) is 23.7. The number of pyridine rings is 1. The fourth-order valence-electron chi connectivity index (χ4n) is 5.12. The minimum absolute atomic E-state index is 0.0134. The summed E-state index contributed by atoms with van der Waals surface area (Å²) < 4.78 is 1.80. The number of nitrogens with one attached hydrogen (secondary N) is 1. The van der Waals surface area contributed by atoms with Crippen LogP contribution in [0.1, 0.15) is 61.0 Å². The quantitative estimate of drug-likeness (QED) is 0.307. The number of rotatable bonds is 13. The SMILES string of the molecule is Cc1cccc(C)c1-c1cccc([C@H](CC(=O)O)NCC(CC(C)C)n2ccc(CCN(C)C)cc2=O)c1. The Hall–Kier alpha value is -3.22. The molecule has 0 fully saturated rings. The summed E-state index contributed by atoms with van der Waals surface area (Å²) in [7, 11) is 4.05. The van der Waals surface area contributed by atoms with Crippen LogP contribution in [0.4, 0.5) is 0 Å². The van der Waals surface area contributed by atoms with Gasteiger partial charge in [0.1, 0.15) is 0 Å². The summed E-state index contributed by atoms with van der Waals surface area (Å²) in [6, 6.07) is 17.7. The average Bonchev–Trinajstić information content (AvgIpc) is 2.84. The fraction of sp³-hybridized carbons (Fsp3) is 0.438. The molecule has 0 bridgehead atoms. The highest BCUT2D eigenvalue weighted by atomic mass is 16.4.